The van der Waals surface area contributed by atoms with Crippen molar-refractivity contribution >= 4 is 5.97 Å². The molecule has 0 saturated heterocycles. The molecule has 0 bridgehead atoms. The van der Waals surface area contributed by atoms with Crippen LogP contribution in [0.15, 0.2) is 18.2 Å². The largest absolute Gasteiger partial charge is 0.426 e. The summed E-state index contributed by atoms with van der Waals surface area (Å²) in [5.74, 6) is 0.882. The van der Waals surface area contributed by atoms with Gasteiger partial charge in [-0.15, -0.1) is 0 Å². The van der Waals surface area contributed by atoms with E-state index in [0.29, 0.717) is 11.7 Å². The molecule has 0 aliphatic carbocycles. The summed E-state index contributed by atoms with van der Waals surface area (Å²) in [5, 5.41) is 0. The molecule has 0 radical (unpaired) electrons. The zero-order valence-corrected chi connectivity index (χ0v) is 9.13. The zero-order valence-electron chi connectivity index (χ0n) is 9.13. The van der Waals surface area contributed by atoms with E-state index in [2.05, 4.69) is 19.9 Å². The zero-order chi connectivity index (χ0) is 10.7. The summed E-state index contributed by atoms with van der Waals surface area (Å²) in [5.41, 5.74) is 2.27. The van der Waals surface area contributed by atoms with Crippen LogP contribution >= 0.6 is 0 Å². The van der Waals surface area contributed by atoms with Crippen LogP contribution in [0, 0.1) is 6.92 Å². The average Bonchev–Trinajstić information content (AvgIpc) is 2.07. The Balaban J connectivity index is 2.95. The molecule has 1 aromatic carbocycles. The van der Waals surface area contributed by atoms with E-state index < -0.39 is 0 Å². The van der Waals surface area contributed by atoms with Gasteiger partial charge in [0.2, 0.25) is 0 Å². The van der Waals surface area contributed by atoms with Gasteiger partial charge in [0.25, 0.3) is 0 Å². The molecule has 0 N–H and O–H groups in total. The number of benzene rings is 1. The molecule has 14 heavy (non-hydrogen) atoms. The van der Waals surface area contributed by atoms with Gasteiger partial charge in [-0.3, -0.25) is 4.79 Å². The van der Waals surface area contributed by atoms with Crippen molar-refractivity contribution in [1.29, 1.82) is 0 Å². The molecule has 1 rings (SSSR count). The van der Waals surface area contributed by atoms with Crippen molar-refractivity contribution in [2.45, 2.75) is 33.6 Å². The van der Waals surface area contributed by atoms with E-state index in [1.807, 2.05) is 19.1 Å². The number of carbonyl (C=O) groups is 1. The molecule has 0 spiro atoms. The van der Waals surface area contributed by atoms with E-state index in [-0.39, 0.29) is 5.97 Å². The molecular formula is C12H16O2. The maximum atomic E-state index is 10.8. The van der Waals surface area contributed by atoms with Crippen molar-refractivity contribution in [2.75, 3.05) is 0 Å². The van der Waals surface area contributed by atoms with Gasteiger partial charge in [0.15, 0.2) is 0 Å². The minimum absolute atomic E-state index is 0.273. The predicted molar refractivity (Wildman–Crippen MR) is 56.6 cm³/mol. The van der Waals surface area contributed by atoms with E-state index in [0.717, 1.165) is 5.56 Å². The lowest BCUT2D eigenvalue weighted by Crippen LogP contribution is -2.03. The Bertz CT molecular complexity index is 340. The molecule has 0 atom stereocenters. The number of rotatable bonds is 2. The Morgan fingerprint density at radius 3 is 2.43 bits per heavy atom. The van der Waals surface area contributed by atoms with E-state index >= 15 is 0 Å². The Hall–Kier alpha value is -1.31. The van der Waals surface area contributed by atoms with Gasteiger partial charge in [-0.25, -0.2) is 0 Å². The fourth-order valence-electron chi connectivity index (χ4n) is 1.30. The number of ether oxygens (including phenoxy) is 1. The SMILES string of the molecule is CC(=O)Oc1ccc(C(C)C)cc1C. The van der Waals surface area contributed by atoms with Gasteiger partial charge in [0, 0.05) is 6.92 Å². The van der Waals surface area contributed by atoms with Gasteiger partial charge in [-0.2, -0.15) is 0 Å². The molecule has 0 unspecified atom stereocenters. The fourth-order valence-corrected chi connectivity index (χ4v) is 1.30. The third-order valence-electron chi connectivity index (χ3n) is 2.12. The van der Waals surface area contributed by atoms with Crippen molar-refractivity contribution < 1.29 is 9.53 Å². The molecule has 0 fully saturated rings. The molecule has 0 heterocycles. The second kappa shape index (κ2) is 4.27. The molecule has 0 amide bonds. The monoisotopic (exact) mass is 192 g/mol. The summed E-state index contributed by atoms with van der Waals surface area (Å²) in [6.07, 6.45) is 0. The lowest BCUT2D eigenvalue weighted by atomic mass is 10.0. The van der Waals surface area contributed by atoms with E-state index in [1.165, 1.54) is 12.5 Å². The number of esters is 1. The summed E-state index contributed by atoms with van der Waals surface area (Å²) in [6, 6.07) is 5.91. The summed E-state index contributed by atoms with van der Waals surface area (Å²) < 4.78 is 5.04. The van der Waals surface area contributed by atoms with E-state index in [4.69, 9.17) is 4.74 Å². The molecular weight excluding hydrogens is 176 g/mol. The Labute approximate surface area is 84.9 Å². The molecule has 0 aromatic heterocycles. The van der Waals surface area contributed by atoms with Crippen molar-refractivity contribution in [2.24, 2.45) is 0 Å². The normalized spacial score (nSPS) is 10.4. The first-order valence-corrected chi connectivity index (χ1v) is 4.79. The third-order valence-corrected chi connectivity index (χ3v) is 2.12. The van der Waals surface area contributed by atoms with Gasteiger partial charge >= 0.3 is 5.97 Å². The smallest absolute Gasteiger partial charge is 0.308 e. The molecule has 0 aliphatic rings. The van der Waals surface area contributed by atoms with Crippen LogP contribution in [-0.2, 0) is 4.79 Å². The Morgan fingerprint density at radius 2 is 2.00 bits per heavy atom. The van der Waals surface area contributed by atoms with Crippen LogP contribution in [0.5, 0.6) is 5.75 Å². The molecule has 2 heteroatoms. The van der Waals surface area contributed by atoms with Crippen LogP contribution in [0.2, 0.25) is 0 Å². The summed E-state index contributed by atoms with van der Waals surface area (Å²) in [7, 11) is 0. The van der Waals surface area contributed by atoms with Crippen LogP contribution in [0.4, 0.5) is 0 Å². The van der Waals surface area contributed by atoms with Crippen molar-refractivity contribution in [3.05, 3.63) is 29.3 Å². The minimum Gasteiger partial charge on any atom is -0.426 e. The molecule has 2 nitrogen and oxygen atoms in total. The lowest BCUT2D eigenvalue weighted by molar-refractivity contribution is -0.131. The predicted octanol–water partition coefficient (Wildman–Crippen LogP) is 3.04. The first kappa shape index (κ1) is 10.8. The third kappa shape index (κ3) is 2.59. The second-order valence-corrected chi connectivity index (χ2v) is 3.77. The molecule has 0 aliphatic heterocycles. The number of carbonyl (C=O) groups excluding carboxylic acids is 1. The molecule has 0 saturated carbocycles. The topological polar surface area (TPSA) is 26.3 Å². The van der Waals surface area contributed by atoms with Crippen molar-refractivity contribution in [3.8, 4) is 5.75 Å². The number of hydrogen-bond donors (Lipinski definition) is 0. The Kier molecular flexibility index (Phi) is 3.28. The van der Waals surface area contributed by atoms with Gasteiger partial charge in [-0.05, 0) is 30.0 Å². The van der Waals surface area contributed by atoms with Gasteiger partial charge in [-0.1, -0.05) is 26.0 Å². The van der Waals surface area contributed by atoms with Crippen molar-refractivity contribution in [1.82, 2.24) is 0 Å². The van der Waals surface area contributed by atoms with Gasteiger partial charge in [0.1, 0.15) is 5.75 Å². The Morgan fingerprint density at radius 1 is 1.36 bits per heavy atom. The highest BCUT2D eigenvalue weighted by atomic mass is 16.5. The van der Waals surface area contributed by atoms with Crippen LogP contribution < -0.4 is 4.74 Å². The first-order valence-electron chi connectivity index (χ1n) is 4.79. The van der Waals surface area contributed by atoms with E-state index in [1.54, 1.807) is 0 Å². The van der Waals surface area contributed by atoms with Crippen molar-refractivity contribution in [3.63, 3.8) is 0 Å². The fraction of sp³-hybridized carbons (Fsp3) is 0.417. The number of hydrogen-bond acceptors (Lipinski definition) is 2. The maximum absolute atomic E-state index is 10.8. The minimum atomic E-state index is -0.273. The molecule has 76 valence electrons. The summed E-state index contributed by atoms with van der Waals surface area (Å²) in [4.78, 5) is 10.8. The van der Waals surface area contributed by atoms with E-state index in [9.17, 15) is 4.79 Å². The summed E-state index contributed by atoms with van der Waals surface area (Å²) >= 11 is 0. The van der Waals surface area contributed by atoms with Crippen LogP contribution in [0.25, 0.3) is 0 Å². The van der Waals surface area contributed by atoms with Gasteiger partial charge in [0.05, 0.1) is 0 Å². The first-order chi connectivity index (χ1) is 6.50. The number of aryl methyl sites for hydroxylation is 1. The maximum Gasteiger partial charge on any atom is 0.308 e. The standard InChI is InChI=1S/C12H16O2/c1-8(2)11-5-6-12(9(3)7-11)14-10(4)13/h5-8H,1-4H3. The quantitative estimate of drug-likeness (QED) is 0.531. The summed E-state index contributed by atoms with van der Waals surface area (Å²) in [6.45, 7) is 7.64. The van der Waals surface area contributed by atoms with Crippen LogP contribution in [-0.4, -0.2) is 5.97 Å². The van der Waals surface area contributed by atoms with Crippen LogP contribution in [0.1, 0.15) is 37.8 Å². The highest BCUT2D eigenvalue weighted by molar-refractivity contribution is 5.69. The van der Waals surface area contributed by atoms with Gasteiger partial charge < -0.3 is 4.74 Å². The molecule has 1 aromatic rings. The average molecular weight is 192 g/mol. The lowest BCUT2D eigenvalue weighted by Gasteiger charge is -2.09. The highest BCUT2D eigenvalue weighted by Crippen LogP contribution is 2.23. The highest BCUT2D eigenvalue weighted by Gasteiger charge is 2.05. The van der Waals surface area contributed by atoms with Crippen LogP contribution in [0.3, 0.4) is 0 Å². The second-order valence-electron chi connectivity index (χ2n) is 3.77.